The van der Waals surface area contributed by atoms with E-state index in [0.29, 0.717) is 24.5 Å². The molecule has 21 heavy (non-hydrogen) atoms. The van der Waals surface area contributed by atoms with Gasteiger partial charge in [0.2, 0.25) is 0 Å². The average Bonchev–Trinajstić information content (AvgIpc) is 2.53. The molecule has 0 aliphatic carbocycles. The molecule has 0 aliphatic rings. The average molecular weight is 283 g/mol. The number of benzene rings is 2. The van der Waals surface area contributed by atoms with Crippen LogP contribution in [0, 0.1) is 11.3 Å². The number of hydrogen-bond acceptors (Lipinski definition) is 4. The summed E-state index contributed by atoms with van der Waals surface area (Å²) in [6, 6.07) is 15.1. The lowest BCUT2D eigenvalue weighted by atomic mass is 10.1. The van der Waals surface area contributed by atoms with E-state index in [1.165, 1.54) is 0 Å². The highest BCUT2D eigenvalue weighted by Crippen LogP contribution is 2.22. The van der Waals surface area contributed by atoms with Gasteiger partial charge in [-0.05, 0) is 35.9 Å². The van der Waals surface area contributed by atoms with Crippen LogP contribution in [-0.4, -0.2) is 14.2 Å². The molecule has 0 saturated carbocycles. The molecule has 0 aromatic heterocycles. The zero-order chi connectivity index (χ0) is 15.1. The lowest BCUT2D eigenvalue weighted by Gasteiger charge is -2.11. The third-order valence-electron chi connectivity index (χ3n) is 3.01. The highest BCUT2D eigenvalue weighted by molar-refractivity contribution is 5.42. The van der Waals surface area contributed by atoms with E-state index in [9.17, 15) is 0 Å². The Morgan fingerprint density at radius 2 is 1.90 bits per heavy atom. The molecule has 0 fully saturated rings. The van der Waals surface area contributed by atoms with Crippen molar-refractivity contribution in [2.24, 2.45) is 0 Å². The lowest BCUT2D eigenvalue weighted by molar-refractivity contribution is 0.184. The number of methoxy groups -OCH3 is 2. The van der Waals surface area contributed by atoms with E-state index in [1.54, 1.807) is 32.4 Å². The van der Waals surface area contributed by atoms with Gasteiger partial charge in [-0.25, -0.2) is 0 Å². The minimum atomic E-state index is 0.342. The van der Waals surface area contributed by atoms with Crippen LogP contribution in [-0.2, 0) is 18.0 Å². The number of hydrogen-bond donors (Lipinski definition) is 0. The van der Waals surface area contributed by atoms with Crippen LogP contribution in [0.1, 0.15) is 16.7 Å². The van der Waals surface area contributed by atoms with Crippen molar-refractivity contribution in [3.05, 3.63) is 59.2 Å². The van der Waals surface area contributed by atoms with Crippen molar-refractivity contribution in [1.29, 1.82) is 5.26 Å². The van der Waals surface area contributed by atoms with Crippen LogP contribution in [0.2, 0.25) is 0 Å². The van der Waals surface area contributed by atoms with Crippen molar-refractivity contribution < 1.29 is 14.2 Å². The van der Waals surface area contributed by atoms with Gasteiger partial charge in [-0.15, -0.1) is 0 Å². The second-order valence-corrected chi connectivity index (χ2v) is 4.51. The molecule has 0 bridgehead atoms. The van der Waals surface area contributed by atoms with Gasteiger partial charge in [0.1, 0.15) is 18.1 Å². The third-order valence-corrected chi connectivity index (χ3v) is 3.01. The topological polar surface area (TPSA) is 51.5 Å². The van der Waals surface area contributed by atoms with Gasteiger partial charge in [0.15, 0.2) is 0 Å². The summed E-state index contributed by atoms with van der Waals surface area (Å²) in [5, 5.41) is 8.96. The van der Waals surface area contributed by atoms with Gasteiger partial charge in [0.05, 0.1) is 25.3 Å². The Labute approximate surface area is 124 Å². The maximum absolute atomic E-state index is 8.96. The molecular weight excluding hydrogens is 266 g/mol. The zero-order valence-corrected chi connectivity index (χ0v) is 12.1. The standard InChI is InChI=1S/C17H17NO3/c1-19-11-14-4-3-5-16(9-14)21-12-15-8-13(10-18)6-7-17(15)20-2/h3-9H,11-12H2,1-2H3. The summed E-state index contributed by atoms with van der Waals surface area (Å²) in [7, 11) is 3.26. The predicted octanol–water partition coefficient (Wildman–Crippen LogP) is 3.29. The normalized spacial score (nSPS) is 9.95. The molecule has 0 spiro atoms. The van der Waals surface area contributed by atoms with Crippen LogP contribution in [0.25, 0.3) is 0 Å². The van der Waals surface area contributed by atoms with E-state index < -0.39 is 0 Å². The van der Waals surface area contributed by atoms with E-state index in [-0.39, 0.29) is 0 Å². The molecule has 4 nitrogen and oxygen atoms in total. The Morgan fingerprint density at radius 3 is 2.62 bits per heavy atom. The highest BCUT2D eigenvalue weighted by Gasteiger charge is 2.06. The molecule has 2 aromatic rings. The second-order valence-electron chi connectivity index (χ2n) is 4.51. The van der Waals surface area contributed by atoms with Crippen LogP contribution in [0.15, 0.2) is 42.5 Å². The molecular formula is C17H17NO3. The molecule has 0 unspecified atom stereocenters. The SMILES string of the molecule is COCc1cccc(OCc2cc(C#N)ccc2OC)c1. The molecule has 2 aromatic carbocycles. The summed E-state index contributed by atoms with van der Waals surface area (Å²) < 4.78 is 16.2. The fourth-order valence-corrected chi connectivity index (χ4v) is 2.01. The van der Waals surface area contributed by atoms with Crippen LogP contribution in [0.4, 0.5) is 0 Å². The molecule has 0 saturated heterocycles. The Balaban J connectivity index is 2.12. The van der Waals surface area contributed by atoms with Gasteiger partial charge in [-0.1, -0.05) is 12.1 Å². The Kier molecular flexibility index (Phi) is 5.19. The van der Waals surface area contributed by atoms with Crippen LogP contribution in [0.3, 0.4) is 0 Å². The number of ether oxygens (including phenoxy) is 3. The minimum absolute atomic E-state index is 0.342. The first-order valence-corrected chi connectivity index (χ1v) is 6.54. The molecule has 0 aliphatic heterocycles. The van der Waals surface area contributed by atoms with Crippen molar-refractivity contribution in [2.45, 2.75) is 13.2 Å². The first-order chi connectivity index (χ1) is 10.3. The van der Waals surface area contributed by atoms with Crippen LogP contribution < -0.4 is 9.47 Å². The van der Waals surface area contributed by atoms with Gasteiger partial charge in [0.25, 0.3) is 0 Å². The second kappa shape index (κ2) is 7.32. The number of nitriles is 1. The lowest BCUT2D eigenvalue weighted by Crippen LogP contribution is -2.00. The van der Waals surface area contributed by atoms with Gasteiger partial charge in [0, 0.05) is 12.7 Å². The van der Waals surface area contributed by atoms with E-state index in [2.05, 4.69) is 6.07 Å². The molecule has 108 valence electrons. The third kappa shape index (κ3) is 3.98. The maximum Gasteiger partial charge on any atom is 0.125 e. The molecule has 4 heteroatoms. The summed E-state index contributed by atoms with van der Waals surface area (Å²) in [6.45, 7) is 0.888. The highest BCUT2D eigenvalue weighted by atomic mass is 16.5. The molecule has 2 rings (SSSR count). The van der Waals surface area contributed by atoms with Crippen molar-refractivity contribution in [3.63, 3.8) is 0 Å². The molecule has 0 heterocycles. The van der Waals surface area contributed by atoms with E-state index >= 15 is 0 Å². The summed E-state index contributed by atoms with van der Waals surface area (Å²) in [5.41, 5.74) is 2.48. The smallest absolute Gasteiger partial charge is 0.125 e. The zero-order valence-electron chi connectivity index (χ0n) is 12.1. The number of nitrogens with zero attached hydrogens (tertiary/aromatic N) is 1. The Hall–Kier alpha value is -2.51. The van der Waals surface area contributed by atoms with Gasteiger partial charge in [-0.2, -0.15) is 5.26 Å². The Bertz CT molecular complexity index is 647. The number of rotatable bonds is 6. The maximum atomic E-state index is 8.96. The van der Waals surface area contributed by atoms with Gasteiger partial charge in [-0.3, -0.25) is 0 Å². The van der Waals surface area contributed by atoms with Crippen LogP contribution >= 0.6 is 0 Å². The summed E-state index contributed by atoms with van der Waals surface area (Å²) in [6.07, 6.45) is 0. The summed E-state index contributed by atoms with van der Waals surface area (Å²) >= 11 is 0. The van der Waals surface area contributed by atoms with E-state index in [1.807, 2.05) is 24.3 Å². The van der Waals surface area contributed by atoms with Crippen LogP contribution in [0.5, 0.6) is 11.5 Å². The van der Waals surface area contributed by atoms with Crippen molar-refractivity contribution in [2.75, 3.05) is 14.2 Å². The van der Waals surface area contributed by atoms with Crippen molar-refractivity contribution >= 4 is 0 Å². The molecule has 0 atom stereocenters. The van der Waals surface area contributed by atoms with Crippen molar-refractivity contribution in [3.8, 4) is 17.6 Å². The predicted molar refractivity (Wildman–Crippen MR) is 79.2 cm³/mol. The molecule has 0 amide bonds. The minimum Gasteiger partial charge on any atom is -0.496 e. The fourth-order valence-electron chi connectivity index (χ4n) is 2.01. The van der Waals surface area contributed by atoms with Gasteiger partial charge < -0.3 is 14.2 Å². The van der Waals surface area contributed by atoms with Crippen molar-refractivity contribution in [1.82, 2.24) is 0 Å². The summed E-state index contributed by atoms with van der Waals surface area (Å²) in [5.74, 6) is 1.47. The van der Waals surface area contributed by atoms with E-state index in [4.69, 9.17) is 19.5 Å². The summed E-state index contributed by atoms with van der Waals surface area (Å²) in [4.78, 5) is 0. The quantitative estimate of drug-likeness (QED) is 0.816. The first kappa shape index (κ1) is 14.9. The van der Waals surface area contributed by atoms with E-state index in [0.717, 1.165) is 16.9 Å². The largest absolute Gasteiger partial charge is 0.496 e. The fraction of sp³-hybridized carbons (Fsp3) is 0.235. The molecule has 0 radical (unpaired) electrons. The molecule has 0 N–H and O–H groups in total. The van der Waals surface area contributed by atoms with Gasteiger partial charge >= 0.3 is 0 Å². The monoisotopic (exact) mass is 283 g/mol. The first-order valence-electron chi connectivity index (χ1n) is 6.54. The Morgan fingerprint density at radius 1 is 1.05 bits per heavy atom.